The molecule has 126 valence electrons. The molecule has 0 saturated heterocycles. The Morgan fingerprint density at radius 1 is 1.26 bits per heavy atom. The van der Waals surface area contributed by atoms with Crippen LogP contribution in [-0.2, 0) is 13.0 Å². The minimum absolute atomic E-state index is 0. The third-order valence-electron chi connectivity index (χ3n) is 3.36. The number of hydrogen-bond acceptors (Lipinski definition) is 3. The van der Waals surface area contributed by atoms with E-state index >= 15 is 0 Å². The Balaban J connectivity index is 0.00000264. The topological polar surface area (TPSA) is 36.4 Å². The van der Waals surface area contributed by atoms with Crippen molar-refractivity contribution in [1.82, 2.24) is 10.6 Å². The number of rotatable bonds is 6. The molecule has 0 amide bonds. The highest BCUT2D eigenvalue weighted by Crippen LogP contribution is 2.21. The van der Waals surface area contributed by atoms with Crippen LogP contribution in [0.5, 0.6) is 0 Å². The van der Waals surface area contributed by atoms with Gasteiger partial charge in [0.1, 0.15) is 0 Å². The minimum Gasteiger partial charge on any atom is -0.356 e. The summed E-state index contributed by atoms with van der Waals surface area (Å²) in [5, 5.41) is 8.87. The molecule has 0 aliphatic heterocycles. The molecule has 0 aliphatic rings. The molecule has 23 heavy (non-hydrogen) atoms. The predicted octanol–water partition coefficient (Wildman–Crippen LogP) is 4.30. The van der Waals surface area contributed by atoms with E-state index in [1.54, 1.807) is 23.1 Å². The van der Waals surface area contributed by atoms with Gasteiger partial charge in [-0.3, -0.25) is 4.99 Å². The molecule has 2 rings (SSSR count). The number of halogens is 1. The summed E-state index contributed by atoms with van der Waals surface area (Å²) in [6.45, 7) is 3.81. The van der Waals surface area contributed by atoms with Crippen molar-refractivity contribution in [3.8, 4) is 0 Å². The van der Waals surface area contributed by atoms with Crippen LogP contribution in [0.3, 0.4) is 0 Å². The molecule has 0 saturated carbocycles. The molecule has 6 heteroatoms. The second-order valence-electron chi connectivity index (χ2n) is 5.00. The fourth-order valence-corrected chi connectivity index (χ4v) is 3.57. The van der Waals surface area contributed by atoms with Gasteiger partial charge in [-0.05, 0) is 48.2 Å². The number of guanidine groups is 1. The first-order valence-electron chi connectivity index (χ1n) is 7.33. The van der Waals surface area contributed by atoms with E-state index in [4.69, 9.17) is 0 Å². The fraction of sp³-hybridized carbons (Fsp3) is 0.353. The average molecular weight is 461 g/mol. The van der Waals surface area contributed by atoms with E-state index in [9.17, 15) is 0 Å². The summed E-state index contributed by atoms with van der Waals surface area (Å²) in [7, 11) is 1.81. The van der Waals surface area contributed by atoms with Crippen molar-refractivity contribution in [3.05, 3.63) is 51.7 Å². The number of thioether (sulfide) groups is 1. The molecule has 0 bridgehead atoms. The van der Waals surface area contributed by atoms with Crippen LogP contribution in [0, 0.1) is 6.92 Å². The Morgan fingerprint density at radius 3 is 2.74 bits per heavy atom. The molecule has 0 fully saturated rings. The molecule has 0 atom stereocenters. The van der Waals surface area contributed by atoms with Crippen LogP contribution in [0.4, 0.5) is 0 Å². The third-order valence-corrected chi connectivity index (χ3v) is 5.11. The summed E-state index contributed by atoms with van der Waals surface area (Å²) in [6, 6.07) is 10.8. The van der Waals surface area contributed by atoms with E-state index in [0.717, 1.165) is 25.5 Å². The van der Waals surface area contributed by atoms with E-state index in [0.29, 0.717) is 0 Å². The quantitative estimate of drug-likeness (QED) is 0.292. The molecule has 0 unspecified atom stereocenters. The largest absolute Gasteiger partial charge is 0.356 e. The first-order chi connectivity index (χ1) is 10.7. The van der Waals surface area contributed by atoms with Gasteiger partial charge >= 0.3 is 0 Å². The van der Waals surface area contributed by atoms with E-state index in [1.165, 1.54) is 20.9 Å². The Kier molecular flexibility index (Phi) is 9.66. The maximum atomic E-state index is 4.29. The van der Waals surface area contributed by atoms with Gasteiger partial charge in [0.15, 0.2) is 5.96 Å². The average Bonchev–Trinajstić information content (AvgIpc) is 3.04. The number of thiophene rings is 1. The lowest BCUT2D eigenvalue weighted by molar-refractivity contribution is 0.793. The van der Waals surface area contributed by atoms with Crippen molar-refractivity contribution in [2.75, 3.05) is 19.8 Å². The number of aliphatic imine (C=N–C) groups is 1. The van der Waals surface area contributed by atoms with E-state index in [-0.39, 0.29) is 24.0 Å². The molecule has 0 spiro atoms. The van der Waals surface area contributed by atoms with Gasteiger partial charge in [0.05, 0.1) is 0 Å². The summed E-state index contributed by atoms with van der Waals surface area (Å²) in [4.78, 5) is 7.00. The molecule has 1 heterocycles. The van der Waals surface area contributed by atoms with Crippen LogP contribution in [0.15, 0.2) is 45.6 Å². The van der Waals surface area contributed by atoms with Gasteiger partial charge in [-0.25, -0.2) is 0 Å². The van der Waals surface area contributed by atoms with Gasteiger partial charge < -0.3 is 10.6 Å². The molecule has 2 N–H and O–H groups in total. The van der Waals surface area contributed by atoms with Gasteiger partial charge in [-0.1, -0.05) is 18.2 Å². The second kappa shape index (κ2) is 10.9. The minimum atomic E-state index is 0. The predicted molar refractivity (Wildman–Crippen MR) is 115 cm³/mol. The van der Waals surface area contributed by atoms with E-state index in [1.807, 2.05) is 7.05 Å². The molecule has 1 aromatic carbocycles. The maximum Gasteiger partial charge on any atom is 0.191 e. The zero-order valence-corrected chi connectivity index (χ0v) is 17.7. The highest BCUT2D eigenvalue weighted by Gasteiger charge is 2.04. The maximum absolute atomic E-state index is 4.29. The van der Waals surface area contributed by atoms with Crippen LogP contribution in [0.25, 0.3) is 0 Å². The Morgan fingerprint density at radius 2 is 2.09 bits per heavy atom. The van der Waals surface area contributed by atoms with Crippen LogP contribution in [-0.4, -0.2) is 25.8 Å². The molecule has 0 radical (unpaired) electrons. The zero-order valence-electron chi connectivity index (χ0n) is 13.8. The van der Waals surface area contributed by atoms with Crippen molar-refractivity contribution in [3.63, 3.8) is 0 Å². The number of aryl methyl sites for hydroxylation is 1. The number of nitrogens with zero attached hydrogens (tertiary/aromatic N) is 1. The SMILES string of the molecule is CN=C(NCCc1cccs1)NCc1ccc(C)cc1SC.I. The smallest absolute Gasteiger partial charge is 0.191 e. The normalized spacial score (nSPS) is 11.0. The summed E-state index contributed by atoms with van der Waals surface area (Å²) in [5.41, 5.74) is 2.60. The van der Waals surface area contributed by atoms with E-state index in [2.05, 4.69) is 64.5 Å². The van der Waals surface area contributed by atoms with Gasteiger partial charge in [0.25, 0.3) is 0 Å². The molecule has 2 aromatic rings. The lowest BCUT2D eigenvalue weighted by Gasteiger charge is -2.13. The molecule has 1 aromatic heterocycles. The molecular formula is C17H24IN3S2. The summed E-state index contributed by atoms with van der Waals surface area (Å²) < 4.78 is 0. The molecule has 0 aliphatic carbocycles. The highest BCUT2D eigenvalue weighted by atomic mass is 127. The van der Waals surface area contributed by atoms with Gasteiger partial charge in [0.2, 0.25) is 0 Å². The second-order valence-corrected chi connectivity index (χ2v) is 6.88. The fourth-order valence-electron chi connectivity index (χ4n) is 2.16. The van der Waals surface area contributed by atoms with Crippen molar-refractivity contribution < 1.29 is 0 Å². The summed E-state index contributed by atoms with van der Waals surface area (Å²) >= 11 is 3.58. The lowest BCUT2D eigenvalue weighted by atomic mass is 10.1. The van der Waals surface area contributed by atoms with Gasteiger partial charge in [-0.15, -0.1) is 47.1 Å². The van der Waals surface area contributed by atoms with Crippen LogP contribution in [0.2, 0.25) is 0 Å². The zero-order chi connectivity index (χ0) is 15.8. The number of benzene rings is 1. The number of nitrogens with one attached hydrogen (secondary N) is 2. The van der Waals surface area contributed by atoms with Gasteiger partial charge in [-0.2, -0.15) is 0 Å². The summed E-state index contributed by atoms with van der Waals surface area (Å²) in [6.07, 6.45) is 3.14. The van der Waals surface area contributed by atoms with Crippen molar-refractivity contribution >= 4 is 53.0 Å². The van der Waals surface area contributed by atoms with Crippen LogP contribution in [0.1, 0.15) is 16.0 Å². The lowest BCUT2D eigenvalue weighted by Crippen LogP contribution is -2.37. The Hall–Kier alpha value is -0.730. The summed E-state index contributed by atoms with van der Waals surface area (Å²) in [5.74, 6) is 0.851. The Bertz CT molecular complexity index is 612. The van der Waals surface area contributed by atoms with E-state index < -0.39 is 0 Å². The van der Waals surface area contributed by atoms with Crippen LogP contribution >= 0.6 is 47.1 Å². The first-order valence-corrected chi connectivity index (χ1v) is 9.44. The highest BCUT2D eigenvalue weighted by molar-refractivity contribution is 14.0. The molecule has 3 nitrogen and oxygen atoms in total. The standard InChI is InChI=1S/C17H23N3S2.HI/c1-13-6-7-14(16(11-13)21-3)12-20-17(18-2)19-9-8-15-5-4-10-22-15;/h4-7,10-11H,8-9,12H2,1-3H3,(H2,18,19,20);1H. The Labute approximate surface area is 164 Å². The monoisotopic (exact) mass is 461 g/mol. The molecular weight excluding hydrogens is 437 g/mol. The van der Waals surface area contributed by atoms with Crippen LogP contribution < -0.4 is 10.6 Å². The first kappa shape index (κ1) is 20.3. The third kappa shape index (κ3) is 6.73. The van der Waals surface area contributed by atoms with Crippen molar-refractivity contribution in [2.45, 2.75) is 24.8 Å². The number of hydrogen-bond donors (Lipinski definition) is 2. The van der Waals surface area contributed by atoms with Crippen molar-refractivity contribution in [1.29, 1.82) is 0 Å². The van der Waals surface area contributed by atoms with Crippen molar-refractivity contribution in [2.24, 2.45) is 4.99 Å². The van der Waals surface area contributed by atoms with Gasteiger partial charge in [0, 0.05) is 29.9 Å².